The number of fused-ring (bicyclic) bond motifs is 2. The van der Waals surface area contributed by atoms with Crippen LogP contribution in [0.1, 0.15) is 28.6 Å². The van der Waals surface area contributed by atoms with Crippen LogP contribution in [0.4, 0.5) is 0 Å². The number of carbonyl (C=O) groups is 1. The average molecular weight is 307 g/mol. The molecule has 2 aromatic carbocycles. The van der Waals surface area contributed by atoms with Gasteiger partial charge in [0.15, 0.2) is 0 Å². The molecular weight excluding hydrogens is 290 g/mol. The van der Waals surface area contributed by atoms with Crippen molar-refractivity contribution in [1.29, 1.82) is 0 Å². The first-order valence-electron chi connectivity index (χ1n) is 7.67. The molecule has 1 unspecified atom stereocenters. The van der Waals surface area contributed by atoms with E-state index in [1.165, 1.54) is 0 Å². The summed E-state index contributed by atoms with van der Waals surface area (Å²) >= 11 is 0. The highest BCUT2D eigenvalue weighted by Gasteiger charge is 2.25. The van der Waals surface area contributed by atoms with Gasteiger partial charge < -0.3 is 15.0 Å². The van der Waals surface area contributed by atoms with E-state index < -0.39 is 6.10 Å². The van der Waals surface area contributed by atoms with E-state index in [2.05, 4.69) is 16.4 Å². The zero-order valence-electron chi connectivity index (χ0n) is 12.8. The van der Waals surface area contributed by atoms with Gasteiger partial charge in [0, 0.05) is 24.7 Å². The highest BCUT2D eigenvalue weighted by Crippen LogP contribution is 2.34. The van der Waals surface area contributed by atoms with Crippen LogP contribution in [-0.2, 0) is 6.54 Å². The SMILES string of the molecule is CNC(=O)c1ccc2cc(-c3ncn4c3C(O)CC4)ccc2c1. The summed E-state index contributed by atoms with van der Waals surface area (Å²) in [5, 5.41) is 14.8. The number of amides is 1. The Kier molecular flexibility index (Phi) is 3.16. The maximum Gasteiger partial charge on any atom is 0.251 e. The van der Waals surface area contributed by atoms with Gasteiger partial charge in [-0.3, -0.25) is 4.79 Å². The first-order valence-corrected chi connectivity index (χ1v) is 7.67. The third-order valence-corrected chi connectivity index (χ3v) is 4.44. The third kappa shape index (κ3) is 2.21. The predicted octanol–water partition coefficient (Wildman–Crippen LogP) is 2.50. The Labute approximate surface area is 133 Å². The highest BCUT2D eigenvalue weighted by atomic mass is 16.3. The van der Waals surface area contributed by atoms with Gasteiger partial charge in [0.25, 0.3) is 5.91 Å². The number of hydrogen-bond acceptors (Lipinski definition) is 3. The number of rotatable bonds is 2. The molecule has 0 fully saturated rings. The summed E-state index contributed by atoms with van der Waals surface area (Å²) in [6.45, 7) is 0.812. The number of aliphatic hydroxyl groups is 1. The molecule has 2 heterocycles. The van der Waals surface area contributed by atoms with Gasteiger partial charge in [-0.2, -0.15) is 0 Å². The second-order valence-corrected chi connectivity index (χ2v) is 5.83. The molecule has 3 aromatic rings. The average Bonchev–Trinajstić information content (AvgIpc) is 3.16. The summed E-state index contributed by atoms with van der Waals surface area (Å²) in [4.78, 5) is 16.2. The maximum absolute atomic E-state index is 11.7. The van der Waals surface area contributed by atoms with Crippen molar-refractivity contribution in [3.05, 3.63) is 54.0 Å². The summed E-state index contributed by atoms with van der Waals surface area (Å²) < 4.78 is 2.01. The van der Waals surface area contributed by atoms with Crippen LogP contribution >= 0.6 is 0 Å². The summed E-state index contributed by atoms with van der Waals surface area (Å²) in [5.74, 6) is -0.0916. The Bertz CT molecular complexity index is 914. The molecule has 5 heteroatoms. The molecule has 23 heavy (non-hydrogen) atoms. The zero-order chi connectivity index (χ0) is 16.0. The van der Waals surface area contributed by atoms with Crippen LogP contribution in [-0.4, -0.2) is 27.6 Å². The number of aliphatic hydroxyl groups excluding tert-OH is 1. The van der Waals surface area contributed by atoms with Crippen LogP contribution in [0.5, 0.6) is 0 Å². The smallest absolute Gasteiger partial charge is 0.251 e. The Morgan fingerprint density at radius 2 is 2.04 bits per heavy atom. The number of nitrogens with one attached hydrogen (secondary N) is 1. The van der Waals surface area contributed by atoms with Crippen LogP contribution in [0.2, 0.25) is 0 Å². The molecule has 0 radical (unpaired) electrons. The molecule has 0 aliphatic carbocycles. The molecule has 116 valence electrons. The molecule has 0 saturated carbocycles. The van der Waals surface area contributed by atoms with Crippen molar-refractivity contribution in [3.63, 3.8) is 0 Å². The van der Waals surface area contributed by atoms with Gasteiger partial charge in [-0.15, -0.1) is 0 Å². The summed E-state index contributed by atoms with van der Waals surface area (Å²) in [7, 11) is 1.63. The minimum Gasteiger partial charge on any atom is -0.387 e. The molecule has 2 N–H and O–H groups in total. The van der Waals surface area contributed by atoms with Crippen molar-refractivity contribution < 1.29 is 9.90 Å². The van der Waals surface area contributed by atoms with Crippen LogP contribution < -0.4 is 5.32 Å². The molecule has 1 atom stereocenters. The first kappa shape index (κ1) is 14.0. The summed E-state index contributed by atoms with van der Waals surface area (Å²) in [6.07, 6.45) is 2.09. The third-order valence-electron chi connectivity index (χ3n) is 4.44. The number of aryl methyl sites for hydroxylation is 1. The lowest BCUT2D eigenvalue weighted by atomic mass is 10.0. The molecule has 4 rings (SSSR count). The summed E-state index contributed by atoms with van der Waals surface area (Å²) in [5.41, 5.74) is 3.37. The second kappa shape index (κ2) is 5.21. The quantitative estimate of drug-likeness (QED) is 0.764. The van der Waals surface area contributed by atoms with Gasteiger partial charge in [0.1, 0.15) is 0 Å². The number of imidazole rings is 1. The highest BCUT2D eigenvalue weighted by molar-refractivity contribution is 5.99. The van der Waals surface area contributed by atoms with E-state index in [1.54, 1.807) is 13.4 Å². The van der Waals surface area contributed by atoms with E-state index in [0.29, 0.717) is 5.56 Å². The maximum atomic E-state index is 11.7. The number of hydrogen-bond donors (Lipinski definition) is 2. The second-order valence-electron chi connectivity index (χ2n) is 5.83. The minimum absolute atomic E-state index is 0.0916. The largest absolute Gasteiger partial charge is 0.387 e. The Morgan fingerprint density at radius 1 is 1.26 bits per heavy atom. The molecule has 1 aromatic heterocycles. The van der Waals surface area contributed by atoms with Crippen molar-refractivity contribution >= 4 is 16.7 Å². The summed E-state index contributed by atoms with van der Waals surface area (Å²) in [6, 6.07) is 11.7. The van der Waals surface area contributed by atoms with Gasteiger partial charge in [-0.1, -0.05) is 18.2 Å². The van der Waals surface area contributed by atoms with Gasteiger partial charge in [-0.25, -0.2) is 4.98 Å². The molecule has 1 aliphatic rings. The van der Waals surface area contributed by atoms with Crippen molar-refractivity contribution in [2.45, 2.75) is 19.1 Å². The van der Waals surface area contributed by atoms with Crippen molar-refractivity contribution in [2.75, 3.05) is 7.05 Å². The molecule has 1 amide bonds. The monoisotopic (exact) mass is 307 g/mol. The Hall–Kier alpha value is -2.66. The van der Waals surface area contributed by atoms with E-state index in [4.69, 9.17) is 0 Å². The molecule has 0 saturated heterocycles. The molecule has 0 bridgehead atoms. The standard InChI is InChI=1S/C18H17N3O2/c1-19-18(23)14-5-3-11-8-13(4-2-12(11)9-14)16-17-15(22)6-7-21(17)10-20-16/h2-5,8-10,15,22H,6-7H2,1H3,(H,19,23). The molecule has 5 nitrogen and oxygen atoms in total. The van der Waals surface area contributed by atoms with E-state index in [-0.39, 0.29) is 5.91 Å². The van der Waals surface area contributed by atoms with Gasteiger partial charge in [0.2, 0.25) is 0 Å². The van der Waals surface area contributed by atoms with Gasteiger partial charge >= 0.3 is 0 Å². The van der Waals surface area contributed by atoms with Crippen LogP contribution in [0, 0.1) is 0 Å². The first-order chi connectivity index (χ1) is 11.2. The van der Waals surface area contributed by atoms with E-state index >= 15 is 0 Å². The number of nitrogens with zero attached hydrogens (tertiary/aromatic N) is 2. The fourth-order valence-electron chi connectivity index (χ4n) is 3.22. The van der Waals surface area contributed by atoms with Crippen LogP contribution in [0.15, 0.2) is 42.7 Å². The fraction of sp³-hybridized carbons (Fsp3) is 0.222. The predicted molar refractivity (Wildman–Crippen MR) is 88.1 cm³/mol. The van der Waals surface area contributed by atoms with E-state index in [0.717, 1.165) is 40.7 Å². The van der Waals surface area contributed by atoms with Gasteiger partial charge in [-0.05, 0) is 35.4 Å². The zero-order valence-corrected chi connectivity index (χ0v) is 12.8. The number of aromatic nitrogens is 2. The topological polar surface area (TPSA) is 67.2 Å². The lowest BCUT2D eigenvalue weighted by Gasteiger charge is -2.07. The molecule has 1 aliphatic heterocycles. The van der Waals surface area contributed by atoms with Crippen molar-refractivity contribution in [1.82, 2.24) is 14.9 Å². The van der Waals surface area contributed by atoms with E-state index in [1.807, 2.05) is 34.9 Å². The van der Waals surface area contributed by atoms with Crippen molar-refractivity contribution in [2.24, 2.45) is 0 Å². The Balaban J connectivity index is 1.80. The van der Waals surface area contributed by atoms with Crippen LogP contribution in [0.25, 0.3) is 22.0 Å². The van der Waals surface area contributed by atoms with Crippen LogP contribution in [0.3, 0.4) is 0 Å². The minimum atomic E-state index is -0.446. The molecular formula is C18H17N3O2. The number of carbonyl (C=O) groups excluding carboxylic acids is 1. The normalized spacial score (nSPS) is 16.5. The fourth-order valence-corrected chi connectivity index (χ4v) is 3.22. The van der Waals surface area contributed by atoms with E-state index in [9.17, 15) is 9.90 Å². The lowest BCUT2D eigenvalue weighted by molar-refractivity contribution is 0.0963. The lowest BCUT2D eigenvalue weighted by Crippen LogP contribution is -2.17. The molecule has 0 spiro atoms. The van der Waals surface area contributed by atoms with Gasteiger partial charge in [0.05, 0.1) is 23.8 Å². The number of benzene rings is 2. The Morgan fingerprint density at radius 3 is 2.87 bits per heavy atom. The van der Waals surface area contributed by atoms with Crippen molar-refractivity contribution in [3.8, 4) is 11.3 Å².